The molecule has 0 aliphatic heterocycles. The third-order valence-corrected chi connectivity index (χ3v) is 4.60. The van der Waals surface area contributed by atoms with E-state index in [2.05, 4.69) is 42.2 Å². The molecule has 6 heteroatoms. The molecule has 2 aromatic rings. The fourth-order valence-electron chi connectivity index (χ4n) is 1.17. The lowest BCUT2D eigenvalue weighted by Gasteiger charge is -2.07. The molecule has 0 aromatic carbocycles. The number of pyridine rings is 1. The summed E-state index contributed by atoms with van der Waals surface area (Å²) in [5.74, 6) is 0. The lowest BCUT2D eigenvalue weighted by atomic mass is 10.4. The lowest BCUT2D eigenvalue weighted by Crippen LogP contribution is -1.99. The maximum Gasteiger partial charge on any atom is 0.152 e. The van der Waals surface area contributed by atoms with Crippen molar-refractivity contribution in [3.05, 3.63) is 42.7 Å². The van der Waals surface area contributed by atoms with Gasteiger partial charge in [-0.1, -0.05) is 11.6 Å². The Balaban J connectivity index is 2.10. The standard InChI is InChI=1S/C10H7Br2ClN2S/c11-6-3-8(10(13)15-4-6)14-5-9-7(12)1-2-16-9/h1-4,14H,5H2. The number of thiophene rings is 1. The van der Waals surface area contributed by atoms with Crippen molar-refractivity contribution in [2.75, 3.05) is 5.32 Å². The lowest BCUT2D eigenvalue weighted by molar-refractivity contribution is 1.16. The van der Waals surface area contributed by atoms with Crippen LogP contribution in [0.4, 0.5) is 5.69 Å². The molecular formula is C10H7Br2ClN2S. The van der Waals surface area contributed by atoms with Gasteiger partial charge in [-0.2, -0.15) is 0 Å². The summed E-state index contributed by atoms with van der Waals surface area (Å²) >= 11 is 14.5. The van der Waals surface area contributed by atoms with Gasteiger partial charge in [0.2, 0.25) is 0 Å². The molecule has 0 radical (unpaired) electrons. The van der Waals surface area contributed by atoms with E-state index in [-0.39, 0.29) is 0 Å². The fraction of sp³-hybridized carbons (Fsp3) is 0.100. The Bertz CT molecular complexity index is 501. The van der Waals surface area contributed by atoms with Crippen LogP contribution in [0.2, 0.25) is 5.15 Å². The van der Waals surface area contributed by atoms with Crippen molar-refractivity contribution < 1.29 is 0 Å². The van der Waals surface area contributed by atoms with Crippen LogP contribution in [0.25, 0.3) is 0 Å². The molecule has 1 N–H and O–H groups in total. The predicted molar refractivity (Wildman–Crippen MR) is 76.3 cm³/mol. The van der Waals surface area contributed by atoms with E-state index in [9.17, 15) is 0 Å². The number of anilines is 1. The van der Waals surface area contributed by atoms with E-state index < -0.39 is 0 Å². The molecule has 0 aliphatic rings. The van der Waals surface area contributed by atoms with Crippen LogP contribution in [0.3, 0.4) is 0 Å². The summed E-state index contributed by atoms with van der Waals surface area (Å²) in [7, 11) is 0. The van der Waals surface area contributed by atoms with Crippen LogP contribution in [0.1, 0.15) is 4.88 Å². The fourth-order valence-corrected chi connectivity index (χ4v) is 3.11. The predicted octanol–water partition coefficient (Wildman–Crippen LogP) is 4.93. The van der Waals surface area contributed by atoms with Crippen molar-refractivity contribution in [2.24, 2.45) is 0 Å². The van der Waals surface area contributed by atoms with Gasteiger partial charge in [0, 0.05) is 20.0 Å². The molecule has 2 aromatic heterocycles. The Labute approximate surface area is 119 Å². The van der Waals surface area contributed by atoms with Gasteiger partial charge in [0.15, 0.2) is 5.15 Å². The van der Waals surface area contributed by atoms with Crippen molar-refractivity contribution in [1.29, 1.82) is 0 Å². The molecule has 0 saturated heterocycles. The monoisotopic (exact) mass is 380 g/mol. The largest absolute Gasteiger partial charge is 0.378 e. The average Bonchev–Trinajstić information content (AvgIpc) is 2.66. The molecule has 84 valence electrons. The highest BCUT2D eigenvalue weighted by molar-refractivity contribution is 9.10. The number of aromatic nitrogens is 1. The third kappa shape index (κ3) is 2.97. The first-order chi connectivity index (χ1) is 7.66. The Hall–Kier alpha value is -0.100. The summed E-state index contributed by atoms with van der Waals surface area (Å²) in [6.07, 6.45) is 1.68. The van der Waals surface area contributed by atoms with E-state index >= 15 is 0 Å². The minimum atomic E-state index is 0.482. The van der Waals surface area contributed by atoms with Crippen LogP contribution in [0, 0.1) is 0 Å². The summed E-state index contributed by atoms with van der Waals surface area (Å²) in [5.41, 5.74) is 0.830. The second-order valence-electron chi connectivity index (χ2n) is 3.04. The quantitative estimate of drug-likeness (QED) is 0.761. The van der Waals surface area contributed by atoms with Crippen LogP contribution < -0.4 is 5.32 Å². The summed E-state index contributed by atoms with van der Waals surface area (Å²) in [5, 5.41) is 5.78. The third-order valence-electron chi connectivity index (χ3n) is 1.94. The van der Waals surface area contributed by atoms with Crippen molar-refractivity contribution in [3.8, 4) is 0 Å². The summed E-state index contributed by atoms with van der Waals surface area (Å²) in [4.78, 5) is 5.28. The summed E-state index contributed by atoms with van der Waals surface area (Å²) in [6.45, 7) is 0.732. The molecule has 0 amide bonds. The van der Waals surface area contributed by atoms with E-state index in [4.69, 9.17) is 11.6 Å². The Kier molecular flexibility index (Phi) is 4.24. The van der Waals surface area contributed by atoms with Gasteiger partial charge in [-0.05, 0) is 49.4 Å². The molecule has 16 heavy (non-hydrogen) atoms. The minimum absolute atomic E-state index is 0.482. The van der Waals surface area contributed by atoms with Crippen molar-refractivity contribution >= 4 is 60.5 Å². The Morgan fingerprint density at radius 2 is 2.25 bits per heavy atom. The Morgan fingerprint density at radius 3 is 2.94 bits per heavy atom. The molecule has 2 heterocycles. The number of nitrogens with one attached hydrogen (secondary N) is 1. The van der Waals surface area contributed by atoms with Crippen LogP contribution >= 0.6 is 54.8 Å². The smallest absolute Gasteiger partial charge is 0.152 e. The van der Waals surface area contributed by atoms with E-state index in [0.717, 1.165) is 21.2 Å². The van der Waals surface area contributed by atoms with Crippen molar-refractivity contribution in [1.82, 2.24) is 4.98 Å². The van der Waals surface area contributed by atoms with Crippen molar-refractivity contribution in [2.45, 2.75) is 6.54 Å². The molecule has 0 unspecified atom stereocenters. The van der Waals surface area contributed by atoms with Gasteiger partial charge in [-0.15, -0.1) is 11.3 Å². The van der Waals surface area contributed by atoms with Gasteiger partial charge in [0.1, 0.15) is 0 Å². The maximum atomic E-state index is 5.97. The second kappa shape index (κ2) is 5.49. The summed E-state index contributed by atoms with van der Waals surface area (Å²) in [6, 6.07) is 3.94. The van der Waals surface area contributed by atoms with Gasteiger partial charge in [0.05, 0.1) is 12.2 Å². The number of hydrogen-bond donors (Lipinski definition) is 1. The highest BCUT2D eigenvalue weighted by Gasteiger charge is 2.04. The number of halogens is 3. The zero-order valence-corrected chi connectivity index (χ0v) is 12.8. The zero-order chi connectivity index (χ0) is 11.5. The van der Waals surface area contributed by atoms with E-state index in [1.54, 1.807) is 17.5 Å². The highest BCUT2D eigenvalue weighted by Crippen LogP contribution is 2.27. The number of nitrogens with zero attached hydrogens (tertiary/aromatic N) is 1. The Morgan fingerprint density at radius 1 is 1.44 bits per heavy atom. The maximum absolute atomic E-state index is 5.97. The van der Waals surface area contributed by atoms with E-state index in [1.165, 1.54) is 4.88 Å². The normalized spacial score (nSPS) is 10.4. The van der Waals surface area contributed by atoms with Crippen molar-refractivity contribution in [3.63, 3.8) is 0 Å². The number of hydrogen-bond acceptors (Lipinski definition) is 3. The van der Waals surface area contributed by atoms with Gasteiger partial charge < -0.3 is 5.32 Å². The number of rotatable bonds is 3. The molecule has 0 bridgehead atoms. The SMILES string of the molecule is Clc1ncc(Br)cc1NCc1sccc1Br. The molecule has 0 saturated carbocycles. The molecule has 0 spiro atoms. The first-order valence-corrected chi connectivity index (χ1v) is 7.28. The second-order valence-corrected chi connectivity index (χ2v) is 6.17. The molecule has 0 atom stereocenters. The van der Waals surface area contributed by atoms with E-state index in [1.807, 2.05) is 17.5 Å². The average molecular weight is 383 g/mol. The van der Waals surface area contributed by atoms with Crippen LogP contribution in [-0.4, -0.2) is 4.98 Å². The van der Waals surface area contributed by atoms with Gasteiger partial charge in [-0.25, -0.2) is 4.98 Å². The molecule has 0 fully saturated rings. The zero-order valence-electron chi connectivity index (χ0n) is 8.01. The van der Waals surface area contributed by atoms with Gasteiger partial charge in [0.25, 0.3) is 0 Å². The first-order valence-electron chi connectivity index (χ1n) is 4.43. The van der Waals surface area contributed by atoms with Gasteiger partial charge >= 0.3 is 0 Å². The van der Waals surface area contributed by atoms with Gasteiger partial charge in [-0.3, -0.25) is 0 Å². The highest BCUT2D eigenvalue weighted by atomic mass is 79.9. The van der Waals surface area contributed by atoms with Crippen LogP contribution in [-0.2, 0) is 6.54 Å². The van der Waals surface area contributed by atoms with Crippen LogP contribution in [0.5, 0.6) is 0 Å². The van der Waals surface area contributed by atoms with Crippen LogP contribution in [0.15, 0.2) is 32.7 Å². The summed E-state index contributed by atoms with van der Waals surface area (Å²) < 4.78 is 2.02. The molecule has 2 nitrogen and oxygen atoms in total. The topological polar surface area (TPSA) is 24.9 Å². The molecular weight excluding hydrogens is 375 g/mol. The van der Waals surface area contributed by atoms with E-state index in [0.29, 0.717) is 5.15 Å². The first kappa shape index (κ1) is 12.4. The molecule has 0 aliphatic carbocycles. The molecule has 2 rings (SSSR count). The minimum Gasteiger partial charge on any atom is -0.378 e.